The van der Waals surface area contributed by atoms with Crippen molar-refractivity contribution in [3.05, 3.63) is 23.3 Å². The van der Waals surface area contributed by atoms with E-state index >= 15 is 0 Å². The van der Waals surface area contributed by atoms with Crippen molar-refractivity contribution in [2.24, 2.45) is 0 Å². The minimum atomic E-state index is -3.37. The van der Waals surface area contributed by atoms with Gasteiger partial charge in [-0.05, 0) is 37.1 Å². The van der Waals surface area contributed by atoms with Crippen molar-refractivity contribution in [3.8, 4) is 0 Å². The van der Waals surface area contributed by atoms with Crippen molar-refractivity contribution < 1.29 is 8.42 Å². The molecule has 0 saturated heterocycles. The Morgan fingerprint density at radius 3 is 2.06 bits per heavy atom. The fraction of sp³-hybridized carbons (Fsp3) is 0.500. The second kappa shape index (κ2) is 5.06. The second-order valence-corrected chi connectivity index (χ2v) is 6.09. The van der Waals surface area contributed by atoms with Crippen LogP contribution in [0.2, 0.25) is 0 Å². The zero-order chi connectivity index (χ0) is 13.2. The van der Waals surface area contributed by atoms with Gasteiger partial charge in [0.25, 0.3) is 0 Å². The van der Waals surface area contributed by atoms with Crippen molar-refractivity contribution in [2.75, 3.05) is 26.0 Å². The van der Waals surface area contributed by atoms with Crippen LogP contribution in [-0.4, -0.2) is 33.4 Å². The van der Waals surface area contributed by atoms with E-state index in [1.807, 2.05) is 40.0 Å². The maximum atomic E-state index is 12.3. The molecule has 96 valence electrons. The predicted octanol–water partition coefficient (Wildman–Crippen LogP) is 1.99. The topological polar surface area (TPSA) is 49.4 Å². The summed E-state index contributed by atoms with van der Waals surface area (Å²) in [7, 11) is 0.0476. The quantitative estimate of drug-likeness (QED) is 0.896. The van der Waals surface area contributed by atoms with E-state index in [-0.39, 0.29) is 0 Å². The molecule has 0 amide bonds. The molecule has 0 aliphatic rings. The first kappa shape index (κ1) is 14.0. The van der Waals surface area contributed by atoms with Gasteiger partial charge in [-0.25, -0.2) is 12.7 Å². The highest BCUT2D eigenvalue weighted by atomic mass is 32.2. The average Bonchev–Trinajstić information content (AvgIpc) is 2.26. The lowest BCUT2D eigenvalue weighted by Crippen LogP contribution is -2.27. The maximum Gasteiger partial charge on any atom is 0.243 e. The van der Waals surface area contributed by atoms with Gasteiger partial charge in [-0.1, -0.05) is 6.92 Å². The van der Waals surface area contributed by atoms with Crippen LogP contribution in [0.4, 0.5) is 5.69 Å². The third-order valence-electron chi connectivity index (χ3n) is 2.86. The third-order valence-corrected chi connectivity index (χ3v) is 5.10. The third kappa shape index (κ3) is 2.61. The van der Waals surface area contributed by atoms with Crippen LogP contribution < -0.4 is 5.32 Å². The smallest absolute Gasteiger partial charge is 0.243 e. The van der Waals surface area contributed by atoms with Crippen molar-refractivity contribution in [1.29, 1.82) is 0 Å². The number of hydrogen-bond acceptors (Lipinski definition) is 3. The summed E-state index contributed by atoms with van der Waals surface area (Å²) < 4.78 is 26.0. The van der Waals surface area contributed by atoms with Gasteiger partial charge in [-0.2, -0.15) is 0 Å². The van der Waals surface area contributed by atoms with E-state index in [4.69, 9.17) is 0 Å². The summed E-state index contributed by atoms with van der Waals surface area (Å²) in [5.41, 5.74) is 2.47. The summed E-state index contributed by atoms with van der Waals surface area (Å²) in [6.45, 7) is 5.94. The fourth-order valence-corrected chi connectivity index (χ4v) is 3.41. The molecular weight excluding hydrogens is 236 g/mol. The van der Waals surface area contributed by atoms with E-state index in [1.165, 1.54) is 4.31 Å². The number of nitrogens with zero attached hydrogens (tertiary/aromatic N) is 1. The molecule has 1 rings (SSSR count). The SMILES string of the molecule is CCN(C)S(=O)(=O)c1c(C)cc(NC)cc1C. The molecule has 1 N–H and O–H groups in total. The largest absolute Gasteiger partial charge is 0.388 e. The van der Waals surface area contributed by atoms with Gasteiger partial charge in [0.2, 0.25) is 10.0 Å². The van der Waals surface area contributed by atoms with E-state index in [0.29, 0.717) is 11.4 Å². The highest BCUT2D eigenvalue weighted by molar-refractivity contribution is 7.89. The van der Waals surface area contributed by atoms with E-state index < -0.39 is 10.0 Å². The van der Waals surface area contributed by atoms with Gasteiger partial charge in [0.15, 0.2) is 0 Å². The summed E-state index contributed by atoms with van der Waals surface area (Å²) in [5, 5.41) is 3.02. The lowest BCUT2D eigenvalue weighted by atomic mass is 10.1. The summed E-state index contributed by atoms with van der Waals surface area (Å²) in [6, 6.07) is 3.70. The first-order chi connectivity index (χ1) is 7.84. The highest BCUT2D eigenvalue weighted by Crippen LogP contribution is 2.26. The van der Waals surface area contributed by atoms with E-state index in [2.05, 4.69) is 5.32 Å². The molecule has 0 aliphatic carbocycles. The standard InChI is InChI=1S/C12H20N2O2S/c1-6-14(5)17(15,16)12-9(2)7-11(13-4)8-10(12)3/h7-8,13H,6H2,1-5H3. The van der Waals surface area contributed by atoms with Gasteiger partial charge in [0.05, 0.1) is 4.90 Å². The number of sulfonamides is 1. The van der Waals surface area contributed by atoms with Crippen molar-refractivity contribution in [2.45, 2.75) is 25.7 Å². The molecule has 17 heavy (non-hydrogen) atoms. The minimum absolute atomic E-state index is 0.417. The Hall–Kier alpha value is -1.07. The predicted molar refractivity (Wildman–Crippen MR) is 71.0 cm³/mol. The van der Waals surface area contributed by atoms with E-state index in [9.17, 15) is 8.42 Å². The molecule has 4 nitrogen and oxygen atoms in total. The summed E-state index contributed by atoms with van der Waals surface area (Å²) in [4.78, 5) is 0.417. The molecule has 1 aromatic rings. The van der Waals surface area contributed by atoms with Gasteiger partial charge < -0.3 is 5.32 Å². The van der Waals surface area contributed by atoms with Crippen molar-refractivity contribution in [3.63, 3.8) is 0 Å². The summed E-state index contributed by atoms with van der Waals surface area (Å²) >= 11 is 0. The Bertz CT molecular complexity index is 486. The van der Waals surface area contributed by atoms with Gasteiger partial charge in [0.1, 0.15) is 0 Å². The van der Waals surface area contributed by atoms with E-state index in [0.717, 1.165) is 16.8 Å². The Morgan fingerprint density at radius 2 is 1.71 bits per heavy atom. The minimum Gasteiger partial charge on any atom is -0.388 e. The number of aryl methyl sites for hydroxylation is 2. The lowest BCUT2D eigenvalue weighted by molar-refractivity contribution is 0.485. The highest BCUT2D eigenvalue weighted by Gasteiger charge is 2.23. The van der Waals surface area contributed by atoms with Gasteiger partial charge >= 0.3 is 0 Å². The average molecular weight is 256 g/mol. The zero-order valence-corrected chi connectivity index (χ0v) is 11.9. The van der Waals surface area contributed by atoms with Crippen LogP contribution in [0.1, 0.15) is 18.1 Å². The maximum absolute atomic E-state index is 12.3. The summed E-state index contributed by atoms with van der Waals surface area (Å²) in [5.74, 6) is 0. The van der Waals surface area contributed by atoms with Gasteiger partial charge in [-0.15, -0.1) is 0 Å². The van der Waals surface area contributed by atoms with Crippen LogP contribution in [0.25, 0.3) is 0 Å². The van der Waals surface area contributed by atoms with Crippen LogP contribution in [-0.2, 0) is 10.0 Å². The molecule has 0 saturated carbocycles. The fourth-order valence-electron chi connectivity index (χ4n) is 1.83. The second-order valence-electron chi connectivity index (χ2n) is 4.11. The Kier molecular flexibility index (Phi) is 4.16. The van der Waals surface area contributed by atoms with Crippen LogP contribution >= 0.6 is 0 Å². The molecule has 0 aromatic heterocycles. The molecule has 0 fully saturated rings. The Labute approximate surface area is 104 Å². The molecule has 0 atom stereocenters. The molecular formula is C12H20N2O2S. The number of hydrogen-bond donors (Lipinski definition) is 1. The van der Waals surface area contributed by atoms with Gasteiger partial charge in [0, 0.05) is 26.3 Å². The number of nitrogens with one attached hydrogen (secondary N) is 1. The van der Waals surface area contributed by atoms with E-state index in [1.54, 1.807) is 7.05 Å². The molecule has 5 heteroatoms. The van der Waals surface area contributed by atoms with Crippen LogP contribution in [0, 0.1) is 13.8 Å². The zero-order valence-electron chi connectivity index (χ0n) is 11.0. The first-order valence-electron chi connectivity index (χ1n) is 5.60. The molecule has 0 spiro atoms. The molecule has 1 aromatic carbocycles. The van der Waals surface area contributed by atoms with Crippen LogP contribution in [0.3, 0.4) is 0 Å². The monoisotopic (exact) mass is 256 g/mol. The number of rotatable bonds is 4. The lowest BCUT2D eigenvalue weighted by Gasteiger charge is -2.19. The Balaban J connectivity index is 3.43. The number of benzene rings is 1. The van der Waals surface area contributed by atoms with Crippen molar-refractivity contribution >= 4 is 15.7 Å². The molecule has 0 aliphatic heterocycles. The first-order valence-corrected chi connectivity index (χ1v) is 7.04. The molecule has 0 unspecified atom stereocenters. The molecule has 0 bridgehead atoms. The van der Waals surface area contributed by atoms with Crippen molar-refractivity contribution in [1.82, 2.24) is 4.31 Å². The van der Waals surface area contributed by atoms with Crippen LogP contribution in [0.15, 0.2) is 17.0 Å². The molecule has 0 heterocycles. The normalized spacial score (nSPS) is 11.9. The van der Waals surface area contributed by atoms with Gasteiger partial charge in [-0.3, -0.25) is 0 Å². The number of anilines is 1. The Morgan fingerprint density at radius 1 is 1.24 bits per heavy atom. The molecule has 0 radical (unpaired) electrons. The van der Waals surface area contributed by atoms with Crippen LogP contribution in [0.5, 0.6) is 0 Å². The summed E-state index contributed by atoms with van der Waals surface area (Å²) in [6.07, 6.45) is 0.